The first kappa shape index (κ1) is 17.4. The number of hydrazone groups is 1. The molecule has 0 unspecified atom stereocenters. The van der Waals surface area contributed by atoms with Crippen LogP contribution >= 0.6 is 0 Å². The minimum absolute atomic E-state index is 0.207. The maximum Gasteiger partial charge on any atom is 0.241 e. The van der Waals surface area contributed by atoms with E-state index in [1.807, 2.05) is 30.3 Å². The Balaban J connectivity index is 1.54. The number of benzene rings is 2. The number of aryl methyl sites for hydroxylation is 1. The van der Waals surface area contributed by atoms with Crippen LogP contribution in [-0.2, 0) is 11.3 Å². The molecular formula is C18H19N5O3. The third kappa shape index (κ3) is 3.97. The van der Waals surface area contributed by atoms with Gasteiger partial charge in [-0.2, -0.15) is 5.10 Å². The van der Waals surface area contributed by atoms with Gasteiger partial charge >= 0.3 is 0 Å². The van der Waals surface area contributed by atoms with Gasteiger partial charge in [0.15, 0.2) is 11.5 Å². The van der Waals surface area contributed by atoms with Crippen molar-refractivity contribution in [3.05, 3.63) is 48.0 Å². The number of rotatable bonds is 7. The van der Waals surface area contributed by atoms with Gasteiger partial charge in [0.05, 0.1) is 32.5 Å². The van der Waals surface area contributed by atoms with Gasteiger partial charge in [-0.05, 0) is 35.9 Å². The van der Waals surface area contributed by atoms with E-state index in [9.17, 15) is 4.79 Å². The minimum Gasteiger partial charge on any atom is -0.493 e. The molecule has 1 N–H and O–H groups in total. The van der Waals surface area contributed by atoms with Crippen molar-refractivity contribution in [2.24, 2.45) is 5.10 Å². The summed E-state index contributed by atoms with van der Waals surface area (Å²) in [6, 6.07) is 13.0. The molecule has 8 nitrogen and oxygen atoms in total. The normalized spacial score (nSPS) is 11.0. The third-order valence-corrected chi connectivity index (χ3v) is 3.78. The van der Waals surface area contributed by atoms with Gasteiger partial charge in [0.1, 0.15) is 5.52 Å². The fourth-order valence-corrected chi connectivity index (χ4v) is 2.46. The van der Waals surface area contributed by atoms with Gasteiger partial charge in [-0.15, -0.1) is 5.10 Å². The summed E-state index contributed by atoms with van der Waals surface area (Å²) in [6.07, 6.45) is 1.79. The van der Waals surface area contributed by atoms with Gasteiger partial charge in [0.25, 0.3) is 0 Å². The first-order valence-electron chi connectivity index (χ1n) is 8.03. The van der Waals surface area contributed by atoms with Crippen molar-refractivity contribution >= 4 is 23.2 Å². The molecule has 0 aliphatic carbocycles. The Morgan fingerprint density at radius 2 is 2.00 bits per heavy atom. The lowest BCUT2D eigenvalue weighted by Crippen LogP contribution is -2.19. The number of carbonyl (C=O) groups is 1. The summed E-state index contributed by atoms with van der Waals surface area (Å²) in [5.74, 6) is 1.02. The number of fused-ring (bicyclic) bond motifs is 1. The largest absolute Gasteiger partial charge is 0.493 e. The summed E-state index contributed by atoms with van der Waals surface area (Å²) in [7, 11) is 3.14. The van der Waals surface area contributed by atoms with Gasteiger partial charge in [0.2, 0.25) is 5.91 Å². The average Bonchev–Trinajstić information content (AvgIpc) is 3.09. The molecule has 0 fully saturated rings. The van der Waals surface area contributed by atoms with Gasteiger partial charge in [-0.1, -0.05) is 17.3 Å². The predicted octanol–water partition coefficient (Wildman–Crippen LogP) is 1.99. The lowest BCUT2D eigenvalue weighted by atomic mass is 10.2. The number of hydrogen-bond acceptors (Lipinski definition) is 6. The summed E-state index contributed by atoms with van der Waals surface area (Å²) in [6.45, 7) is 0.429. The minimum atomic E-state index is -0.207. The maximum absolute atomic E-state index is 12.0. The van der Waals surface area contributed by atoms with Gasteiger partial charge in [-0.3, -0.25) is 4.79 Å². The highest BCUT2D eigenvalue weighted by Gasteiger charge is 2.06. The van der Waals surface area contributed by atoms with Crippen LogP contribution in [0.2, 0.25) is 0 Å². The van der Waals surface area contributed by atoms with E-state index in [-0.39, 0.29) is 12.3 Å². The second-order valence-electron chi connectivity index (χ2n) is 5.46. The standard InChI is InChI=1S/C18H19N5O3/c1-25-16-8-7-13(11-17(16)26-2)12-19-21-18(24)9-10-23-15-6-4-3-5-14(15)20-22-23/h3-8,11-12H,9-10H2,1-2H3,(H,21,24)/b19-12-. The molecule has 0 bridgehead atoms. The molecule has 2 aromatic carbocycles. The van der Waals surface area contributed by atoms with E-state index in [4.69, 9.17) is 9.47 Å². The monoisotopic (exact) mass is 353 g/mol. The number of hydrogen-bond donors (Lipinski definition) is 1. The molecule has 1 amide bonds. The zero-order chi connectivity index (χ0) is 18.4. The fraction of sp³-hybridized carbons (Fsp3) is 0.222. The summed E-state index contributed by atoms with van der Waals surface area (Å²) < 4.78 is 12.1. The molecule has 0 saturated heterocycles. The molecule has 8 heteroatoms. The fourth-order valence-electron chi connectivity index (χ4n) is 2.46. The quantitative estimate of drug-likeness (QED) is 0.518. The molecule has 3 aromatic rings. The van der Waals surface area contributed by atoms with Crippen LogP contribution in [0.15, 0.2) is 47.6 Å². The molecule has 1 heterocycles. The lowest BCUT2D eigenvalue weighted by Gasteiger charge is -2.07. The van der Waals surface area contributed by atoms with E-state index in [0.717, 1.165) is 16.6 Å². The number of methoxy groups -OCH3 is 2. The van der Waals surface area contributed by atoms with Crippen molar-refractivity contribution in [3.8, 4) is 11.5 Å². The summed E-state index contributed by atoms with van der Waals surface area (Å²) in [4.78, 5) is 12.0. The highest BCUT2D eigenvalue weighted by Crippen LogP contribution is 2.26. The molecule has 0 spiro atoms. The molecule has 26 heavy (non-hydrogen) atoms. The molecular weight excluding hydrogens is 334 g/mol. The number of aromatic nitrogens is 3. The lowest BCUT2D eigenvalue weighted by molar-refractivity contribution is -0.121. The SMILES string of the molecule is COc1ccc(/C=N\NC(=O)CCn2nnc3ccccc32)cc1OC. The van der Waals surface area contributed by atoms with Crippen LogP contribution in [0.1, 0.15) is 12.0 Å². The van der Waals surface area contributed by atoms with Crippen LogP contribution in [0.5, 0.6) is 11.5 Å². The first-order valence-corrected chi connectivity index (χ1v) is 8.03. The number of para-hydroxylation sites is 1. The smallest absolute Gasteiger partial charge is 0.241 e. The van der Waals surface area contributed by atoms with Crippen LogP contribution in [0, 0.1) is 0 Å². The second-order valence-corrected chi connectivity index (χ2v) is 5.46. The van der Waals surface area contributed by atoms with Crippen LogP contribution in [0.3, 0.4) is 0 Å². The molecule has 0 saturated carbocycles. The predicted molar refractivity (Wildman–Crippen MR) is 97.4 cm³/mol. The summed E-state index contributed by atoms with van der Waals surface area (Å²) in [5.41, 5.74) is 4.99. The van der Waals surface area contributed by atoms with Crippen LogP contribution < -0.4 is 14.9 Å². The zero-order valence-corrected chi connectivity index (χ0v) is 14.5. The van der Waals surface area contributed by atoms with E-state index in [1.54, 1.807) is 37.2 Å². The third-order valence-electron chi connectivity index (χ3n) is 3.78. The van der Waals surface area contributed by atoms with Gasteiger partial charge in [-0.25, -0.2) is 10.1 Å². The van der Waals surface area contributed by atoms with Crippen molar-refractivity contribution in [1.82, 2.24) is 20.4 Å². The molecule has 0 radical (unpaired) electrons. The molecule has 0 atom stereocenters. The molecule has 1 aromatic heterocycles. The van der Waals surface area contributed by atoms with Crippen LogP contribution in [0.4, 0.5) is 0 Å². The summed E-state index contributed by atoms with van der Waals surface area (Å²) in [5, 5.41) is 12.1. The Kier molecular flexibility index (Phi) is 5.43. The highest BCUT2D eigenvalue weighted by atomic mass is 16.5. The van der Waals surface area contributed by atoms with Crippen molar-refractivity contribution < 1.29 is 14.3 Å². The molecule has 134 valence electrons. The Hall–Kier alpha value is -3.42. The van der Waals surface area contributed by atoms with E-state index in [1.165, 1.54) is 0 Å². The molecule has 0 aliphatic heterocycles. The van der Waals surface area contributed by atoms with Crippen molar-refractivity contribution in [3.63, 3.8) is 0 Å². The zero-order valence-electron chi connectivity index (χ0n) is 14.5. The molecule has 0 aliphatic rings. The number of carbonyl (C=O) groups excluding carboxylic acids is 1. The topological polar surface area (TPSA) is 90.6 Å². The average molecular weight is 353 g/mol. The number of amides is 1. The van der Waals surface area contributed by atoms with Crippen LogP contribution in [-0.4, -0.2) is 41.3 Å². The van der Waals surface area contributed by atoms with E-state index >= 15 is 0 Å². The van der Waals surface area contributed by atoms with E-state index < -0.39 is 0 Å². The highest BCUT2D eigenvalue weighted by molar-refractivity contribution is 5.83. The van der Waals surface area contributed by atoms with E-state index in [0.29, 0.717) is 18.0 Å². The van der Waals surface area contributed by atoms with Gasteiger partial charge < -0.3 is 9.47 Å². The van der Waals surface area contributed by atoms with Gasteiger partial charge in [0, 0.05) is 6.42 Å². The number of nitrogens with one attached hydrogen (secondary N) is 1. The summed E-state index contributed by atoms with van der Waals surface area (Å²) >= 11 is 0. The first-order chi connectivity index (χ1) is 12.7. The van der Waals surface area contributed by atoms with Crippen LogP contribution in [0.25, 0.3) is 11.0 Å². The number of nitrogens with zero attached hydrogens (tertiary/aromatic N) is 4. The molecule has 3 rings (SSSR count). The van der Waals surface area contributed by atoms with Crippen molar-refractivity contribution in [2.75, 3.05) is 14.2 Å². The maximum atomic E-state index is 12.0. The second kappa shape index (κ2) is 8.11. The van der Waals surface area contributed by atoms with Crippen molar-refractivity contribution in [1.29, 1.82) is 0 Å². The Bertz CT molecular complexity index is 935. The van der Waals surface area contributed by atoms with E-state index in [2.05, 4.69) is 20.8 Å². The Labute approximate surface area is 150 Å². The number of ether oxygens (including phenoxy) is 2. The Morgan fingerprint density at radius 1 is 1.19 bits per heavy atom. The van der Waals surface area contributed by atoms with Crippen molar-refractivity contribution in [2.45, 2.75) is 13.0 Å². The Morgan fingerprint density at radius 3 is 2.81 bits per heavy atom.